The van der Waals surface area contributed by atoms with E-state index in [1.807, 2.05) is 24.3 Å². The quantitative estimate of drug-likeness (QED) is 0.357. The predicted octanol–water partition coefficient (Wildman–Crippen LogP) is 6.10. The summed E-state index contributed by atoms with van der Waals surface area (Å²) in [6.07, 6.45) is 0. The van der Waals surface area contributed by atoms with Gasteiger partial charge in [0.1, 0.15) is 0 Å². The maximum Gasteiger partial charge on any atom is 0.332 e. The molecule has 1 saturated heterocycles. The van der Waals surface area contributed by atoms with Crippen molar-refractivity contribution < 1.29 is 13.9 Å². The highest BCUT2D eigenvalue weighted by Crippen LogP contribution is 2.75. The molecule has 2 spiro atoms. The summed E-state index contributed by atoms with van der Waals surface area (Å²) in [6.45, 7) is 0. The van der Waals surface area contributed by atoms with Gasteiger partial charge in [0.15, 0.2) is 11.2 Å². The molecule has 1 fully saturated rings. The molecule has 30 heavy (non-hydrogen) atoms. The van der Waals surface area contributed by atoms with Crippen LogP contribution in [0.4, 0.5) is 0 Å². The molecule has 0 unspecified atom stereocenters. The van der Waals surface area contributed by atoms with Gasteiger partial charge in [0.25, 0.3) is 0 Å². The van der Waals surface area contributed by atoms with E-state index in [4.69, 9.17) is 9.05 Å². The molecule has 0 aromatic heterocycles. The molecule has 1 N–H and O–H groups in total. The first kappa shape index (κ1) is 16.9. The maximum atomic E-state index is 10.9. The van der Waals surface area contributed by atoms with Crippen molar-refractivity contribution >= 4 is 8.60 Å². The van der Waals surface area contributed by atoms with Crippen LogP contribution in [0.1, 0.15) is 22.3 Å². The van der Waals surface area contributed by atoms with Crippen molar-refractivity contribution in [2.45, 2.75) is 11.2 Å². The summed E-state index contributed by atoms with van der Waals surface area (Å²) < 4.78 is 13.0. The summed E-state index contributed by atoms with van der Waals surface area (Å²) in [6, 6.07) is 33.3. The van der Waals surface area contributed by atoms with Gasteiger partial charge in [0, 0.05) is 22.3 Å². The Morgan fingerprint density at radius 2 is 0.733 bits per heavy atom. The van der Waals surface area contributed by atoms with Gasteiger partial charge in [-0.25, -0.2) is 0 Å². The molecule has 0 bridgehead atoms. The summed E-state index contributed by atoms with van der Waals surface area (Å²) in [5.74, 6) is 0. The lowest BCUT2D eigenvalue weighted by Crippen LogP contribution is -2.46. The zero-order valence-corrected chi connectivity index (χ0v) is 16.8. The minimum absolute atomic E-state index is 0.955. The minimum Gasteiger partial charge on any atom is -0.328 e. The van der Waals surface area contributed by atoms with Crippen molar-refractivity contribution in [1.29, 1.82) is 0 Å². The zero-order chi connectivity index (χ0) is 19.9. The predicted molar refractivity (Wildman–Crippen MR) is 117 cm³/mol. The van der Waals surface area contributed by atoms with Crippen molar-refractivity contribution in [2.24, 2.45) is 0 Å². The van der Waals surface area contributed by atoms with Gasteiger partial charge in [-0.15, -0.1) is 0 Å². The van der Waals surface area contributed by atoms with Crippen LogP contribution in [0.5, 0.6) is 0 Å². The molecule has 0 amide bonds. The number of hydrogen-bond donors (Lipinski definition) is 1. The molecule has 3 nitrogen and oxygen atoms in total. The summed E-state index contributed by atoms with van der Waals surface area (Å²) in [7, 11) is -2.08. The Labute approximate surface area is 175 Å². The van der Waals surface area contributed by atoms with Crippen LogP contribution in [0.3, 0.4) is 0 Å². The molecule has 1 heterocycles. The third kappa shape index (κ3) is 1.73. The van der Waals surface area contributed by atoms with Crippen molar-refractivity contribution in [3.63, 3.8) is 0 Å². The van der Waals surface area contributed by atoms with Gasteiger partial charge in [-0.2, -0.15) is 0 Å². The number of hydrogen-bond acceptors (Lipinski definition) is 3. The molecule has 4 heteroatoms. The molecule has 0 radical (unpaired) electrons. The average Bonchev–Trinajstić information content (AvgIpc) is 3.38. The first-order valence-corrected chi connectivity index (χ1v) is 11.2. The highest BCUT2D eigenvalue weighted by Gasteiger charge is 2.71. The fourth-order valence-corrected chi connectivity index (χ4v) is 6.88. The second-order valence-electron chi connectivity index (χ2n) is 7.97. The van der Waals surface area contributed by atoms with E-state index in [1.165, 1.54) is 0 Å². The van der Waals surface area contributed by atoms with Crippen LogP contribution in [-0.4, -0.2) is 4.89 Å². The molecule has 3 aliphatic rings. The zero-order valence-electron chi connectivity index (χ0n) is 15.9. The molecule has 1 aliphatic heterocycles. The number of rotatable bonds is 0. The third-order valence-electron chi connectivity index (χ3n) is 6.73. The Kier molecular flexibility index (Phi) is 3.19. The Morgan fingerprint density at radius 1 is 0.467 bits per heavy atom. The summed E-state index contributed by atoms with van der Waals surface area (Å²) in [5.41, 5.74) is 6.76. The molecule has 0 saturated carbocycles. The Bertz CT molecular complexity index is 1150. The molecule has 2 aliphatic carbocycles. The van der Waals surface area contributed by atoms with E-state index in [1.54, 1.807) is 0 Å². The minimum atomic E-state index is -2.08. The van der Waals surface area contributed by atoms with E-state index in [0.29, 0.717) is 0 Å². The lowest BCUT2D eigenvalue weighted by atomic mass is 9.70. The monoisotopic (exact) mass is 408 g/mol. The van der Waals surface area contributed by atoms with Gasteiger partial charge < -0.3 is 4.89 Å². The van der Waals surface area contributed by atoms with E-state index in [9.17, 15) is 4.89 Å². The first-order valence-electron chi connectivity index (χ1n) is 10.0. The van der Waals surface area contributed by atoms with Crippen LogP contribution >= 0.6 is 8.60 Å². The van der Waals surface area contributed by atoms with Gasteiger partial charge in [-0.1, -0.05) is 97.1 Å². The van der Waals surface area contributed by atoms with E-state index >= 15 is 0 Å². The van der Waals surface area contributed by atoms with E-state index < -0.39 is 19.8 Å². The van der Waals surface area contributed by atoms with Crippen LogP contribution in [0.2, 0.25) is 0 Å². The molecule has 0 atom stereocenters. The maximum absolute atomic E-state index is 10.9. The van der Waals surface area contributed by atoms with Gasteiger partial charge >= 0.3 is 8.60 Å². The highest BCUT2D eigenvalue weighted by molar-refractivity contribution is 7.41. The summed E-state index contributed by atoms with van der Waals surface area (Å²) in [5, 5.41) is 0. The Morgan fingerprint density at radius 3 is 1.03 bits per heavy atom. The molecular formula is C26H17O3P. The Hall–Kier alpha value is -2.81. The second-order valence-corrected chi connectivity index (χ2v) is 8.81. The second kappa shape index (κ2) is 5.66. The van der Waals surface area contributed by atoms with Crippen LogP contribution < -0.4 is 0 Å². The first-order chi connectivity index (χ1) is 14.8. The van der Waals surface area contributed by atoms with E-state index in [2.05, 4.69) is 72.8 Å². The lowest BCUT2D eigenvalue weighted by Gasteiger charge is -2.40. The van der Waals surface area contributed by atoms with Crippen LogP contribution in [0.15, 0.2) is 97.1 Å². The lowest BCUT2D eigenvalue weighted by molar-refractivity contribution is 0.0107. The summed E-state index contributed by atoms with van der Waals surface area (Å²) >= 11 is 0. The SMILES string of the molecule is OP1OC2(c3ccccc3-c3ccccc32)C2(O1)c1ccccc1-c1ccccc12. The van der Waals surface area contributed by atoms with Crippen LogP contribution in [0, 0.1) is 0 Å². The number of fused-ring (bicyclic) bond motifs is 11. The fourth-order valence-electron chi connectivity index (χ4n) is 5.73. The molecule has 144 valence electrons. The summed E-state index contributed by atoms with van der Waals surface area (Å²) in [4.78, 5) is 10.9. The van der Waals surface area contributed by atoms with Crippen molar-refractivity contribution in [3.8, 4) is 22.3 Å². The van der Waals surface area contributed by atoms with Crippen molar-refractivity contribution in [2.75, 3.05) is 0 Å². The van der Waals surface area contributed by atoms with Crippen LogP contribution in [0.25, 0.3) is 22.3 Å². The highest BCUT2D eigenvalue weighted by atomic mass is 31.2. The van der Waals surface area contributed by atoms with Crippen molar-refractivity contribution in [1.82, 2.24) is 0 Å². The van der Waals surface area contributed by atoms with Gasteiger partial charge in [-0.3, -0.25) is 9.05 Å². The van der Waals surface area contributed by atoms with Gasteiger partial charge in [0.2, 0.25) is 0 Å². The van der Waals surface area contributed by atoms with E-state index in [0.717, 1.165) is 44.5 Å². The van der Waals surface area contributed by atoms with Crippen LogP contribution in [-0.2, 0) is 20.2 Å². The van der Waals surface area contributed by atoms with Crippen molar-refractivity contribution in [3.05, 3.63) is 119 Å². The van der Waals surface area contributed by atoms with Gasteiger partial charge in [-0.05, 0) is 22.3 Å². The molecule has 4 aromatic rings. The largest absolute Gasteiger partial charge is 0.332 e. The topological polar surface area (TPSA) is 38.7 Å². The third-order valence-corrected chi connectivity index (χ3v) is 7.59. The molecule has 4 aromatic carbocycles. The fraction of sp³-hybridized carbons (Fsp3) is 0.0769. The molecule has 7 rings (SSSR count). The smallest absolute Gasteiger partial charge is 0.328 e. The molecular weight excluding hydrogens is 391 g/mol. The average molecular weight is 408 g/mol. The number of benzene rings is 4. The standard InChI is InChI=1S/C26H17O3P/c27-30-28-25(21-13-5-1-9-17(21)18-10-2-6-14-22(18)25)26(29-30)23-15-7-3-11-19(23)20-12-4-8-16-24(20)26/h1-16,27H. The Balaban J connectivity index is 1.69. The van der Waals surface area contributed by atoms with Gasteiger partial charge in [0.05, 0.1) is 0 Å². The van der Waals surface area contributed by atoms with E-state index in [-0.39, 0.29) is 0 Å². The normalized spacial score (nSPS) is 19.0.